The summed E-state index contributed by atoms with van der Waals surface area (Å²) in [4.78, 5) is 12.2. The Morgan fingerprint density at radius 1 is 1.53 bits per heavy atom. The molecule has 5 heteroatoms. The van der Waals surface area contributed by atoms with Crippen molar-refractivity contribution in [2.24, 2.45) is 5.92 Å². The fraction of sp³-hybridized carbons (Fsp3) is 0.429. The normalized spacial score (nSPS) is 13.7. The molecule has 0 aliphatic heterocycles. The highest BCUT2D eigenvalue weighted by molar-refractivity contribution is 8.00. The van der Waals surface area contributed by atoms with Crippen molar-refractivity contribution >= 4 is 17.7 Å². The zero-order valence-corrected chi connectivity index (χ0v) is 12.1. The molecule has 0 spiro atoms. The second kappa shape index (κ2) is 6.58. The lowest BCUT2D eigenvalue weighted by Gasteiger charge is -2.27. The summed E-state index contributed by atoms with van der Waals surface area (Å²) in [6.07, 6.45) is 0. The Morgan fingerprint density at radius 2 is 2.16 bits per heavy atom. The zero-order valence-electron chi connectivity index (χ0n) is 11.2. The van der Waals surface area contributed by atoms with Gasteiger partial charge in [0.05, 0.1) is 11.8 Å². The number of nitriles is 1. The molecule has 0 aliphatic carbocycles. The van der Waals surface area contributed by atoms with Crippen LogP contribution in [0.2, 0.25) is 0 Å². The smallest absolute Gasteiger partial charge is 0.231 e. The zero-order chi connectivity index (χ0) is 14.5. The SMILES string of the molecule is CC(C)[C@@](C)(C#N)NC(=O)CSc1ccccc1F. The van der Waals surface area contributed by atoms with Gasteiger partial charge >= 0.3 is 0 Å². The van der Waals surface area contributed by atoms with Gasteiger partial charge < -0.3 is 5.32 Å². The van der Waals surface area contributed by atoms with Gasteiger partial charge in [-0.25, -0.2) is 4.39 Å². The van der Waals surface area contributed by atoms with Crippen molar-refractivity contribution in [3.63, 3.8) is 0 Å². The minimum atomic E-state index is -0.896. The minimum absolute atomic E-state index is 0.0000820. The molecule has 0 bridgehead atoms. The molecule has 0 radical (unpaired) electrons. The molecule has 1 aromatic rings. The van der Waals surface area contributed by atoms with E-state index in [1.54, 1.807) is 25.1 Å². The highest BCUT2D eigenvalue weighted by atomic mass is 32.2. The average molecular weight is 280 g/mol. The summed E-state index contributed by atoms with van der Waals surface area (Å²) in [7, 11) is 0. The van der Waals surface area contributed by atoms with E-state index < -0.39 is 5.54 Å². The monoisotopic (exact) mass is 280 g/mol. The first-order chi connectivity index (χ1) is 8.89. The minimum Gasteiger partial charge on any atom is -0.337 e. The van der Waals surface area contributed by atoms with E-state index in [9.17, 15) is 9.18 Å². The molecule has 0 unspecified atom stereocenters. The third-order valence-corrected chi connectivity index (χ3v) is 4.03. The standard InChI is InChI=1S/C14H17FN2OS/c1-10(2)14(3,9-16)17-13(18)8-19-12-7-5-4-6-11(12)15/h4-7,10H,8H2,1-3H3,(H,17,18)/t14-/m1/s1. The number of hydrogen-bond donors (Lipinski definition) is 1. The van der Waals surface area contributed by atoms with Gasteiger partial charge in [-0.05, 0) is 25.0 Å². The lowest BCUT2D eigenvalue weighted by Crippen LogP contribution is -2.49. The molecule has 1 atom stereocenters. The van der Waals surface area contributed by atoms with Crippen LogP contribution in [0, 0.1) is 23.1 Å². The van der Waals surface area contributed by atoms with Gasteiger partial charge in [0, 0.05) is 4.90 Å². The van der Waals surface area contributed by atoms with Gasteiger partial charge in [0.15, 0.2) is 0 Å². The van der Waals surface area contributed by atoms with Crippen molar-refractivity contribution in [3.8, 4) is 6.07 Å². The lowest BCUT2D eigenvalue weighted by molar-refractivity contribution is -0.120. The third kappa shape index (κ3) is 4.25. The molecule has 0 saturated heterocycles. The predicted molar refractivity (Wildman–Crippen MR) is 74.1 cm³/mol. The summed E-state index contributed by atoms with van der Waals surface area (Å²) in [6.45, 7) is 5.42. The highest BCUT2D eigenvalue weighted by Crippen LogP contribution is 2.21. The van der Waals surface area contributed by atoms with Gasteiger partial charge in [-0.2, -0.15) is 5.26 Å². The number of amides is 1. The number of nitrogens with zero attached hydrogens (tertiary/aromatic N) is 1. The number of hydrogen-bond acceptors (Lipinski definition) is 3. The summed E-state index contributed by atoms with van der Waals surface area (Å²) in [5, 5.41) is 11.8. The maximum absolute atomic E-state index is 13.4. The van der Waals surface area contributed by atoms with Gasteiger partial charge in [-0.1, -0.05) is 26.0 Å². The lowest BCUT2D eigenvalue weighted by atomic mass is 9.90. The molecule has 0 aromatic heterocycles. The Hall–Kier alpha value is -1.54. The molecule has 0 saturated carbocycles. The van der Waals surface area contributed by atoms with Crippen molar-refractivity contribution in [2.75, 3.05) is 5.75 Å². The summed E-state index contributed by atoms with van der Waals surface area (Å²) >= 11 is 1.12. The topological polar surface area (TPSA) is 52.9 Å². The van der Waals surface area contributed by atoms with Crippen LogP contribution in [0.15, 0.2) is 29.2 Å². The first-order valence-corrected chi connectivity index (χ1v) is 6.97. The summed E-state index contributed by atoms with van der Waals surface area (Å²) in [5.74, 6) is -0.525. The van der Waals surface area contributed by atoms with Crippen LogP contribution in [0.3, 0.4) is 0 Å². The highest BCUT2D eigenvalue weighted by Gasteiger charge is 2.29. The van der Waals surface area contributed by atoms with Crippen LogP contribution in [0.25, 0.3) is 0 Å². The summed E-state index contributed by atoms with van der Waals surface area (Å²) in [6, 6.07) is 8.40. The van der Waals surface area contributed by atoms with Crippen LogP contribution >= 0.6 is 11.8 Å². The van der Waals surface area contributed by atoms with E-state index in [2.05, 4.69) is 11.4 Å². The van der Waals surface area contributed by atoms with Crippen LogP contribution in [-0.2, 0) is 4.79 Å². The van der Waals surface area contributed by atoms with E-state index in [0.717, 1.165) is 11.8 Å². The van der Waals surface area contributed by atoms with Crippen molar-refractivity contribution in [1.82, 2.24) is 5.32 Å². The van der Waals surface area contributed by atoms with Gasteiger partial charge in [0.2, 0.25) is 5.91 Å². The van der Waals surface area contributed by atoms with E-state index in [1.807, 2.05) is 13.8 Å². The molecular formula is C14H17FN2OS. The third-order valence-electron chi connectivity index (χ3n) is 2.98. The number of nitrogens with one attached hydrogen (secondary N) is 1. The van der Waals surface area contributed by atoms with E-state index in [1.165, 1.54) is 6.07 Å². The fourth-order valence-corrected chi connectivity index (χ4v) is 2.07. The number of benzene rings is 1. The molecule has 0 aliphatic rings. The van der Waals surface area contributed by atoms with Crippen LogP contribution in [0.1, 0.15) is 20.8 Å². The molecule has 1 aromatic carbocycles. The van der Waals surface area contributed by atoms with Crippen molar-refractivity contribution < 1.29 is 9.18 Å². The Balaban J connectivity index is 2.58. The molecule has 19 heavy (non-hydrogen) atoms. The van der Waals surface area contributed by atoms with E-state index in [4.69, 9.17) is 5.26 Å². The van der Waals surface area contributed by atoms with Crippen LogP contribution in [0.4, 0.5) is 4.39 Å². The average Bonchev–Trinajstić information content (AvgIpc) is 2.37. The predicted octanol–water partition coefficient (Wildman–Crippen LogP) is 2.97. The molecule has 3 nitrogen and oxygen atoms in total. The quantitative estimate of drug-likeness (QED) is 0.844. The van der Waals surface area contributed by atoms with E-state index >= 15 is 0 Å². The maximum atomic E-state index is 13.4. The molecule has 1 amide bonds. The fourth-order valence-electron chi connectivity index (χ4n) is 1.33. The largest absolute Gasteiger partial charge is 0.337 e. The molecule has 0 heterocycles. The van der Waals surface area contributed by atoms with Crippen molar-refractivity contribution in [3.05, 3.63) is 30.1 Å². The maximum Gasteiger partial charge on any atom is 0.231 e. The Bertz CT molecular complexity index is 498. The second-order valence-corrected chi connectivity index (χ2v) is 5.75. The number of thioether (sulfide) groups is 1. The molecule has 1 N–H and O–H groups in total. The number of halogens is 1. The first kappa shape index (κ1) is 15.5. The Labute approximate surface area is 117 Å². The van der Waals surface area contributed by atoms with Crippen LogP contribution in [0.5, 0.6) is 0 Å². The molecule has 1 rings (SSSR count). The number of carbonyl (C=O) groups is 1. The van der Waals surface area contributed by atoms with Crippen molar-refractivity contribution in [1.29, 1.82) is 5.26 Å². The second-order valence-electron chi connectivity index (χ2n) is 4.74. The van der Waals surface area contributed by atoms with E-state index in [0.29, 0.717) is 4.90 Å². The van der Waals surface area contributed by atoms with Gasteiger partial charge in [0.1, 0.15) is 11.4 Å². The van der Waals surface area contributed by atoms with Crippen LogP contribution < -0.4 is 5.32 Å². The number of rotatable bonds is 5. The van der Waals surface area contributed by atoms with Gasteiger partial charge in [-0.3, -0.25) is 4.79 Å². The number of carbonyl (C=O) groups excluding carboxylic acids is 1. The Morgan fingerprint density at radius 3 is 2.68 bits per heavy atom. The van der Waals surface area contributed by atoms with Gasteiger partial charge in [-0.15, -0.1) is 11.8 Å². The van der Waals surface area contributed by atoms with Crippen LogP contribution in [-0.4, -0.2) is 17.2 Å². The van der Waals surface area contributed by atoms with Gasteiger partial charge in [0.25, 0.3) is 0 Å². The molecule has 102 valence electrons. The first-order valence-electron chi connectivity index (χ1n) is 5.98. The Kier molecular flexibility index (Phi) is 5.37. The molecular weight excluding hydrogens is 263 g/mol. The van der Waals surface area contributed by atoms with Crippen molar-refractivity contribution in [2.45, 2.75) is 31.2 Å². The summed E-state index contributed by atoms with van der Waals surface area (Å²) in [5.41, 5.74) is -0.896. The molecule has 0 fully saturated rings. The summed E-state index contributed by atoms with van der Waals surface area (Å²) < 4.78 is 13.4. The van der Waals surface area contributed by atoms with E-state index in [-0.39, 0.29) is 23.4 Å².